The highest BCUT2D eigenvalue weighted by atomic mass is 32.1. The maximum atomic E-state index is 10.1. The lowest BCUT2D eigenvalue weighted by molar-refractivity contribution is -0.0147. The van der Waals surface area contributed by atoms with Gasteiger partial charge in [-0.05, 0) is 38.6 Å². The summed E-state index contributed by atoms with van der Waals surface area (Å²) in [5, 5.41) is 12.2. The zero-order chi connectivity index (χ0) is 14.3. The topological polar surface area (TPSA) is 32.7 Å². The van der Waals surface area contributed by atoms with Gasteiger partial charge in [0, 0.05) is 24.0 Å². The second-order valence-corrected chi connectivity index (χ2v) is 6.33. The summed E-state index contributed by atoms with van der Waals surface area (Å²) in [5.41, 5.74) is 0. The van der Waals surface area contributed by atoms with E-state index in [1.165, 1.54) is 4.88 Å². The number of thiophene rings is 1. The third kappa shape index (κ3) is 6.52. The molecule has 19 heavy (non-hydrogen) atoms. The van der Waals surface area contributed by atoms with Gasteiger partial charge in [-0.2, -0.15) is 0 Å². The molecule has 0 fully saturated rings. The minimum Gasteiger partial charge on any atom is -0.389 e. The van der Waals surface area contributed by atoms with Crippen LogP contribution in [0.15, 0.2) is 17.5 Å². The van der Waals surface area contributed by atoms with Crippen LogP contribution in [0.3, 0.4) is 0 Å². The van der Waals surface area contributed by atoms with Gasteiger partial charge in [-0.3, -0.25) is 4.90 Å². The molecule has 0 aliphatic rings. The molecule has 0 aromatic carbocycles. The van der Waals surface area contributed by atoms with Crippen LogP contribution in [0, 0.1) is 0 Å². The average molecular weight is 285 g/mol. The van der Waals surface area contributed by atoms with E-state index in [-0.39, 0.29) is 6.10 Å². The van der Waals surface area contributed by atoms with E-state index < -0.39 is 6.10 Å². The third-order valence-electron chi connectivity index (χ3n) is 3.22. The van der Waals surface area contributed by atoms with Crippen LogP contribution < -0.4 is 0 Å². The van der Waals surface area contributed by atoms with Crippen molar-refractivity contribution >= 4 is 11.3 Å². The van der Waals surface area contributed by atoms with Crippen LogP contribution >= 0.6 is 11.3 Å². The molecule has 1 aromatic heterocycles. The molecule has 1 rings (SSSR count). The van der Waals surface area contributed by atoms with Crippen LogP contribution in [0.25, 0.3) is 0 Å². The average Bonchev–Trinajstić information content (AvgIpc) is 2.87. The van der Waals surface area contributed by atoms with E-state index in [1.807, 2.05) is 13.8 Å². The molecule has 0 aliphatic carbocycles. The van der Waals surface area contributed by atoms with E-state index >= 15 is 0 Å². The first-order chi connectivity index (χ1) is 9.02. The monoisotopic (exact) mass is 285 g/mol. The Bertz CT molecular complexity index is 327. The van der Waals surface area contributed by atoms with Gasteiger partial charge in [-0.1, -0.05) is 13.0 Å². The molecule has 0 saturated heterocycles. The maximum Gasteiger partial charge on any atom is 0.0900 e. The SMILES string of the molecule is CC[C@@H](C)N(Cc1cccs1)C[C@@H](O)COC(C)C. The summed E-state index contributed by atoms with van der Waals surface area (Å²) in [6.45, 7) is 10.4. The van der Waals surface area contributed by atoms with E-state index in [1.54, 1.807) is 11.3 Å². The second-order valence-electron chi connectivity index (χ2n) is 5.30. The highest BCUT2D eigenvalue weighted by Gasteiger charge is 2.17. The number of hydrogen-bond acceptors (Lipinski definition) is 4. The van der Waals surface area contributed by atoms with Crippen LogP contribution in [-0.4, -0.2) is 41.4 Å². The van der Waals surface area contributed by atoms with Crippen molar-refractivity contribution in [3.63, 3.8) is 0 Å². The first-order valence-electron chi connectivity index (χ1n) is 7.09. The standard InChI is InChI=1S/C15H27NO2S/c1-5-13(4)16(10-15-7-6-8-19-15)9-14(17)11-18-12(2)3/h6-8,12-14,17H,5,9-11H2,1-4H3/t13-,14-/m1/s1. The number of rotatable bonds is 9. The van der Waals surface area contributed by atoms with Crippen molar-refractivity contribution in [3.8, 4) is 0 Å². The van der Waals surface area contributed by atoms with Crippen LogP contribution in [0.2, 0.25) is 0 Å². The van der Waals surface area contributed by atoms with Gasteiger partial charge in [0.05, 0.1) is 18.8 Å². The Balaban J connectivity index is 2.49. The summed E-state index contributed by atoms with van der Waals surface area (Å²) < 4.78 is 5.48. The highest BCUT2D eigenvalue weighted by Crippen LogP contribution is 2.15. The Morgan fingerprint density at radius 3 is 2.63 bits per heavy atom. The molecule has 4 heteroatoms. The van der Waals surface area contributed by atoms with Crippen molar-refractivity contribution in [2.24, 2.45) is 0 Å². The number of aliphatic hydroxyl groups excluding tert-OH is 1. The Hall–Kier alpha value is -0.420. The number of aliphatic hydroxyl groups is 1. The molecular weight excluding hydrogens is 258 g/mol. The van der Waals surface area contributed by atoms with Crippen LogP contribution in [0.5, 0.6) is 0 Å². The number of hydrogen-bond donors (Lipinski definition) is 1. The van der Waals surface area contributed by atoms with E-state index in [9.17, 15) is 5.11 Å². The number of ether oxygens (including phenoxy) is 1. The molecule has 1 heterocycles. The lowest BCUT2D eigenvalue weighted by Crippen LogP contribution is -2.40. The smallest absolute Gasteiger partial charge is 0.0900 e. The van der Waals surface area contributed by atoms with Gasteiger partial charge < -0.3 is 9.84 Å². The van der Waals surface area contributed by atoms with Crippen LogP contribution in [0.1, 0.15) is 39.0 Å². The van der Waals surface area contributed by atoms with Crippen molar-refractivity contribution in [2.45, 2.75) is 58.9 Å². The fourth-order valence-corrected chi connectivity index (χ4v) is 2.62. The van der Waals surface area contributed by atoms with Gasteiger partial charge in [-0.15, -0.1) is 11.3 Å². The van der Waals surface area contributed by atoms with Crippen molar-refractivity contribution in [1.29, 1.82) is 0 Å². The second kappa shape index (κ2) is 8.69. The summed E-state index contributed by atoms with van der Waals surface area (Å²) >= 11 is 1.77. The Morgan fingerprint density at radius 1 is 1.37 bits per heavy atom. The first kappa shape index (κ1) is 16.6. The highest BCUT2D eigenvalue weighted by molar-refractivity contribution is 7.09. The van der Waals surface area contributed by atoms with Gasteiger partial charge in [0.15, 0.2) is 0 Å². The van der Waals surface area contributed by atoms with Crippen molar-refractivity contribution < 1.29 is 9.84 Å². The summed E-state index contributed by atoms with van der Waals surface area (Å²) in [7, 11) is 0. The van der Waals surface area contributed by atoms with Gasteiger partial charge >= 0.3 is 0 Å². The lowest BCUT2D eigenvalue weighted by atomic mass is 10.2. The quantitative estimate of drug-likeness (QED) is 0.756. The number of nitrogens with zero attached hydrogens (tertiary/aromatic N) is 1. The molecule has 0 bridgehead atoms. The van der Waals surface area contributed by atoms with Crippen molar-refractivity contribution in [1.82, 2.24) is 4.90 Å². The van der Waals surface area contributed by atoms with Gasteiger partial charge in [-0.25, -0.2) is 0 Å². The van der Waals surface area contributed by atoms with Crippen molar-refractivity contribution in [2.75, 3.05) is 13.2 Å². The maximum absolute atomic E-state index is 10.1. The molecule has 0 radical (unpaired) electrons. The summed E-state index contributed by atoms with van der Waals surface area (Å²) in [4.78, 5) is 3.68. The molecule has 1 aromatic rings. The molecule has 0 aliphatic heterocycles. The molecule has 3 nitrogen and oxygen atoms in total. The molecular formula is C15H27NO2S. The van der Waals surface area contributed by atoms with E-state index in [0.29, 0.717) is 19.2 Å². The minimum atomic E-state index is -0.420. The van der Waals surface area contributed by atoms with Crippen LogP contribution in [-0.2, 0) is 11.3 Å². The Morgan fingerprint density at radius 2 is 2.11 bits per heavy atom. The zero-order valence-electron chi connectivity index (χ0n) is 12.5. The first-order valence-corrected chi connectivity index (χ1v) is 7.97. The summed E-state index contributed by atoms with van der Waals surface area (Å²) in [6.07, 6.45) is 0.837. The largest absolute Gasteiger partial charge is 0.389 e. The van der Waals surface area contributed by atoms with E-state index in [0.717, 1.165) is 13.0 Å². The van der Waals surface area contributed by atoms with E-state index in [4.69, 9.17) is 4.74 Å². The van der Waals surface area contributed by atoms with Gasteiger partial charge in [0.1, 0.15) is 0 Å². The Labute approximate surface area is 121 Å². The molecule has 1 N–H and O–H groups in total. The summed E-state index contributed by atoms with van der Waals surface area (Å²) in [5.74, 6) is 0. The van der Waals surface area contributed by atoms with E-state index in [2.05, 4.69) is 36.3 Å². The molecule has 0 unspecified atom stereocenters. The Kier molecular flexibility index (Phi) is 7.61. The zero-order valence-corrected chi connectivity index (χ0v) is 13.3. The normalized spacial score (nSPS) is 15.1. The molecule has 0 saturated carbocycles. The fourth-order valence-electron chi connectivity index (χ4n) is 1.89. The third-order valence-corrected chi connectivity index (χ3v) is 4.08. The molecule has 0 spiro atoms. The minimum absolute atomic E-state index is 0.170. The molecule has 0 amide bonds. The van der Waals surface area contributed by atoms with Crippen molar-refractivity contribution in [3.05, 3.63) is 22.4 Å². The van der Waals surface area contributed by atoms with Crippen LogP contribution in [0.4, 0.5) is 0 Å². The predicted molar refractivity (Wildman–Crippen MR) is 81.6 cm³/mol. The summed E-state index contributed by atoms with van der Waals surface area (Å²) in [6, 6.07) is 4.69. The van der Waals surface area contributed by atoms with Gasteiger partial charge in [0.2, 0.25) is 0 Å². The van der Waals surface area contributed by atoms with Gasteiger partial charge in [0.25, 0.3) is 0 Å². The lowest BCUT2D eigenvalue weighted by Gasteiger charge is -2.30. The molecule has 2 atom stereocenters. The predicted octanol–water partition coefficient (Wildman–Crippen LogP) is 3.13. The fraction of sp³-hybridized carbons (Fsp3) is 0.733. The molecule has 110 valence electrons.